The van der Waals surface area contributed by atoms with Gasteiger partial charge in [-0.15, -0.1) is 0 Å². The lowest BCUT2D eigenvalue weighted by molar-refractivity contribution is 0.122. The topological polar surface area (TPSA) is 24.5 Å². The number of likely N-dealkylation sites (tertiary alicyclic amines) is 1. The van der Waals surface area contributed by atoms with E-state index < -0.39 is 0 Å². The molecule has 0 aromatic carbocycles. The summed E-state index contributed by atoms with van der Waals surface area (Å²) in [5.74, 6) is 0.749. The zero-order chi connectivity index (χ0) is 11.1. The Labute approximate surface area is 94.2 Å². The third kappa shape index (κ3) is 5.50. The molecule has 0 radical (unpaired) electrons. The van der Waals surface area contributed by atoms with Crippen LogP contribution >= 0.6 is 0 Å². The van der Waals surface area contributed by atoms with Gasteiger partial charge >= 0.3 is 0 Å². The van der Waals surface area contributed by atoms with E-state index in [9.17, 15) is 0 Å². The van der Waals surface area contributed by atoms with Crippen molar-refractivity contribution in [1.82, 2.24) is 10.2 Å². The Hall–Kier alpha value is -0.120. The molecule has 1 rings (SSSR count). The van der Waals surface area contributed by atoms with Crippen LogP contribution in [-0.2, 0) is 4.74 Å². The van der Waals surface area contributed by atoms with Crippen molar-refractivity contribution < 1.29 is 4.74 Å². The smallest absolute Gasteiger partial charge is 0.0589 e. The van der Waals surface area contributed by atoms with Gasteiger partial charge in [-0.05, 0) is 31.8 Å². The Morgan fingerprint density at radius 1 is 1.47 bits per heavy atom. The van der Waals surface area contributed by atoms with Crippen molar-refractivity contribution in [2.75, 3.05) is 39.9 Å². The lowest BCUT2D eigenvalue weighted by Crippen LogP contribution is -2.47. The Kier molecular flexibility index (Phi) is 6.22. The first-order chi connectivity index (χ1) is 7.22. The van der Waals surface area contributed by atoms with Crippen molar-refractivity contribution in [3.63, 3.8) is 0 Å². The molecule has 0 bridgehead atoms. The Morgan fingerprint density at radius 3 is 2.93 bits per heavy atom. The standard InChI is InChI=1S/C12H26N2O/c1-11(2)9-13-12-5-4-6-14(10-12)7-8-15-3/h11-13H,4-10H2,1-3H3. The Morgan fingerprint density at radius 2 is 2.27 bits per heavy atom. The average Bonchev–Trinajstić information content (AvgIpc) is 2.24. The van der Waals surface area contributed by atoms with Gasteiger partial charge < -0.3 is 10.1 Å². The Balaban J connectivity index is 2.17. The van der Waals surface area contributed by atoms with Gasteiger partial charge in [-0.25, -0.2) is 0 Å². The molecule has 1 saturated heterocycles. The molecule has 0 amide bonds. The second kappa shape index (κ2) is 7.20. The second-order valence-electron chi connectivity index (χ2n) is 4.93. The fourth-order valence-electron chi connectivity index (χ4n) is 2.05. The zero-order valence-electron chi connectivity index (χ0n) is 10.5. The van der Waals surface area contributed by atoms with Crippen LogP contribution in [-0.4, -0.2) is 50.8 Å². The molecule has 1 aliphatic rings. The molecule has 0 aromatic heterocycles. The van der Waals surface area contributed by atoms with Gasteiger partial charge in [0.1, 0.15) is 0 Å². The summed E-state index contributed by atoms with van der Waals surface area (Å²) in [7, 11) is 1.78. The number of nitrogens with zero attached hydrogens (tertiary/aromatic N) is 1. The maximum absolute atomic E-state index is 5.12. The van der Waals surface area contributed by atoms with E-state index in [-0.39, 0.29) is 0 Å². The highest BCUT2D eigenvalue weighted by Crippen LogP contribution is 2.09. The monoisotopic (exact) mass is 214 g/mol. The third-order valence-corrected chi connectivity index (χ3v) is 2.93. The first kappa shape index (κ1) is 12.9. The minimum Gasteiger partial charge on any atom is -0.383 e. The number of methoxy groups -OCH3 is 1. The van der Waals surface area contributed by atoms with E-state index in [1.165, 1.54) is 25.9 Å². The molecule has 0 aromatic rings. The normalized spacial score (nSPS) is 23.6. The number of hydrogen-bond acceptors (Lipinski definition) is 3. The molecule has 1 fully saturated rings. The van der Waals surface area contributed by atoms with Crippen molar-refractivity contribution in [1.29, 1.82) is 0 Å². The number of ether oxygens (including phenoxy) is 1. The number of nitrogens with one attached hydrogen (secondary N) is 1. The van der Waals surface area contributed by atoms with Crippen molar-refractivity contribution in [3.8, 4) is 0 Å². The van der Waals surface area contributed by atoms with Crippen LogP contribution < -0.4 is 5.32 Å². The SMILES string of the molecule is COCCN1CCCC(NCC(C)C)C1. The van der Waals surface area contributed by atoms with Gasteiger partial charge in [-0.3, -0.25) is 4.90 Å². The van der Waals surface area contributed by atoms with E-state index in [4.69, 9.17) is 4.74 Å². The van der Waals surface area contributed by atoms with Gasteiger partial charge in [0, 0.05) is 26.2 Å². The van der Waals surface area contributed by atoms with Crippen LogP contribution in [0.5, 0.6) is 0 Å². The summed E-state index contributed by atoms with van der Waals surface area (Å²) < 4.78 is 5.12. The van der Waals surface area contributed by atoms with Crippen LogP contribution in [0, 0.1) is 5.92 Å². The maximum Gasteiger partial charge on any atom is 0.0589 e. The lowest BCUT2D eigenvalue weighted by Gasteiger charge is -2.33. The number of piperidine rings is 1. The quantitative estimate of drug-likeness (QED) is 0.722. The van der Waals surface area contributed by atoms with Gasteiger partial charge in [0.15, 0.2) is 0 Å². The number of hydrogen-bond donors (Lipinski definition) is 1. The summed E-state index contributed by atoms with van der Waals surface area (Å²) in [6.45, 7) is 10.0. The fraction of sp³-hybridized carbons (Fsp3) is 1.00. The molecular weight excluding hydrogens is 188 g/mol. The molecule has 3 nitrogen and oxygen atoms in total. The van der Waals surface area contributed by atoms with Crippen molar-refractivity contribution in [2.24, 2.45) is 5.92 Å². The van der Waals surface area contributed by atoms with Crippen LogP contribution in [0.15, 0.2) is 0 Å². The number of rotatable bonds is 6. The molecule has 1 atom stereocenters. The molecule has 90 valence electrons. The van der Waals surface area contributed by atoms with Gasteiger partial charge in [0.25, 0.3) is 0 Å². The van der Waals surface area contributed by atoms with Crippen molar-refractivity contribution >= 4 is 0 Å². The van der Waals surface area contributed by atoms with Gasteiger partial charge in [-0.2, -0.15) is 0 Å². The molecule has 15 heavy (non-hydrogen) atoms. The van der Waals surface area contributed by atoms with E-state index in [2.05, 4.69) is 24.1 Å². The molecule has 1 heterocycles. The van der Waals surface area contributed by atoms with Crippen LogP contribution in [0.25, 0.3) is 0 Å². The minimum atomic E-state index is 0.693. The predicted octanol–water partition coefficient (Wildman–Crippen LogP) is 1.34. The largest absolute Gasteiger partial charge is 0.383 e. The highest BCUT2D eigenvalue weighted by atomic mass is 16.5. The maximum atomic E-state index is 5.12. The lowest BCUT2D eigenvalue weighted by atomic mass is 10.0. The molecule has 0 spiro atoms. The molecule has 1 aliphatic heterocycles. The first-order valence-electron chi connectivity index (χ1n) is 6.17. The molecule has 0 saturated carbocycles. The van der Waals surface area contributed by atoms with Crippen LogP contribution in [0.1, 0.15) is 26.7 Å². The predicted molar refractivity (Wildman–Crippen MR) is 64.2 cm³/mol. The highest BCUT2D eigenvalue weighted by molar-refractivity contribution is 4.78. The second-order valence-corrected chi connectivity index (χ2v) is 4.93. The highest BCUT2D eigenvalue weighted by Gasteiger charge is 2.18. The van der Waals surface area contributed by atoms with Gasteiger partial charge in [0.2, 0.25) is 0 Å². The van der Waals surface area contributed by atoms with Crippen LogP contribution in [0.4, 0.5) is 0 Å². The van der Waals surface area contributed by atoms with E-state index in [1.807, 2.05) is 0 Å². The third-order valence-electron chi connectivity index (χ3n) is 2.93. The molecular formula is C12H26N2O. The minimum absolute atomic E-state index is 0.693. The van der Waals surface area contributed by atoms with Gasteiger partial charge in [-0.1, -0.05) is 13.8 Å². The molecule has 1 unspecified atom stereocenters. The summed E-state index contributed by atoms with van der Waals surface area (Å²) >= 11 is 0. The fourth-order valence-corrected chi connectivity index (χ4v) is 2.05. The summed E-state index contributed by atoms with van der Waals surface area (Å²) in [5, 5.41) is 3.64. The molecule has 1 N–H and O–H groups in total. The zero-order valence-corrected chi connectivity index (χ0v) is 10.5. The summed E-state index contributed by atoms with van der Waals surface area (Å²) in [5.41, 5.74) is 0. The van der Waals surface area contributed by atoms with E-state index in [0.29, 0.717) is 6.04 Å². The van der Waals surface area contributed by atoms with Crippen molar-refractivity contribution in [3.05, 3.63) is 0 Å². The average molecular weight is 214 g/mol. The van der Waals surface area contributed by atoms with Gasteiger partial charge in [0.05, 0.1) is 6.61 Å². The first-order valence-corrected chi connectivity index (χ1v) is 6.17. The summed E-state index contributed by atoms with van der Waals surface area (Å²) in [6, 6.07) is 0.693. The van der Waals surface area contributed by atoms with Crippen molar-refractivity contribution in [2.45, 2.75) is 32.7 Å². The Bertz CT molecular complexity index is 162. The van der Waals surface area contributed by atoms with Crippen LogP contribution in [0.3, 0.4) is 0 Å². The van der Waals surface area contributed by atoms with E-state index in [1.54, 1.807) is 7.11 Å². The summed E-state index contributed by atoms with van der Waals surface area (Å²) in [6.07, 6.45) is 2.65. The molecule has 0 aliphatic carbocycles. The summed E-state index contributed by atoms with van der Waals surface area (Å²) in [4.78, 5) is 2.50. The molecule has 3 heteroatoms. The van der Waals surface area contributed by atoms with Crippen LogP contribution in [0.2, 0.25) is 0 Å². The van der Waals surface area contributed by atoms with E-state index in [0.717, 1.165) is 25.6 Å². The van der Waals surface area contributed by atoms with E-state index >= 15 is 0 Å².